The van der Waals surface area contributed by atoms with Gasteiger partial charge in [-0.25, -0.2) is 9.97 Å². The molecule has 0 aromatic carbocycles. The molecule has 0 saturated heterocycles. The average molecular weight is 215 g/mol. The molecule has 3 N–H and O–H groups in total. The lowest BCUT2D eigenvalue weighted by Crippen LogP contribution is -2.04. The van der Waals surface area contributed by atoms with Crippen LogP contribution in [0.5, 0.6) is 0 Å². The zero-order valence-electron chi connectivity index (χ0n) is 9.28. The molecule has 0 fully saturated rings. The Bertz CT molecular complexity index is 573. The van der Waals surface area contributed by atoms with Gasteiger partial charge >= 0.3 is 0 Å². The number of nitrogen functional groups attached to an aromatic ring is 1. The van der Waals surface area contributed by atoms with Gasteiger partial charge in [0.15, 0.2) is 0 Å². The molecule has 2 aromatic rings. The van der Waals surface area contributed by atoms with Gasteiger partial charge < -0.3 is 15.6 Å². The second-order valence-electron chi connectivity index (χ2n) is 3.44. The number of nitrogens with one attached hydrogen (secondary N) is 1. The van der Waals surface area contributed by atoms with E-state index in [2.05, 4.69) is 27.1 Å². The summed E-state index contributed by atoms with van der Waals surface area (Å²) >= 11 is 0. The zero-order valence-corrected chi connectivity index (χ0v) is 9.28. The maximum atomic E-state index is 5.83. The fraction of sp³-hybridized carbons (Fsp3) is 0.273. The Kier molecular flexibility index (Phi) is 2.75. The molecule has 82 valence electrons. The van der Waals surface area contributed by atoms with Gasteiger partial charge in [-0.05, 0) is 7.05 Å². The standard InChI is InChI=1S/C11H13N5/c1-13-5-3-4-8-6-16(2)11-9(8)10(12)14-7-15-11/h6-7,13H,5H2,1-2H3,(H2,12,14,15). The number of anilines is 1. The SMILES string of the molecule is CNCC#Cc1cn(C)c2ncnc(N)c12. The number of aryl methyl sites for hydroxylation is 1. The molecular weight excluding hydrogens is 202 g/mol. The van der Waals surface area contributed by atoms with Crippen LogP contribution < -0.4 is 11.1 Å². The quantitative estimate of drug-likeness (QED) is 0.663. The highest BCUT2D eigenvalue weighted by Crippen LogP contribution is 2.21. The van der Waals surface area contributed by atoms with E-state index in [0.717, 1.165) is 16.6 Å². The zero-order chi connectivity index (χ0) is 11.5. The number of hydrogen-bond donors (Lipinski definition) is 2. The Morgan fingerprint density at radius 2 is 2.31 bits per heavy atom. The minimum atomic E-state index is 0.472. The Balaban J connectivity index is 2.59. The van der Waals surface area contributed by atoms with Crippen LogP contribution in [0.3, 0.4) is 0 Å². The first-order chi connectivity index (χ1) is 7.74. The predicted molar refractivity (Wildman–Crippen MR) is 63.7 cm³/mol. The third kappa shape index (κ3) is 1.71. The minimum absolute atomic E-state index is 0.472. The summed E-state index contributed by atoms with van der Waals surface area (Å²) in [5.74, 6) is 6.53. The maximum Gasteiger partial charge on any atom is 0.146 e. The topological polar surface area (TPSA) is 68.8 Å². The molecule has 16 heavy (non-hydrogen) atoms. The first kappa shape index (κ1) is 10.5. The molecule has 0 spiro atoms. The number of aromatic nitrogens is 3. The summed E-state index contributed by atoms with van der Waals surface area (Å²) in [7, 11) is 3.77. The Hall–Kier alpha value is -2.06. The van der Waals surface area contributed by atoms with E-state index in [4.69, 9.17) is 5.73 Å². The fourth-order valence-corrected chi connectivity index (χ4v) is 1.56. The second kappa shape index (κ2) is 4.21. The number of fused-ring (bicyclic) bond motifs is 1. The van der Waals surface area contributed by atoms with E-state index in [1.165, 1.54) is 6.33 Å². The molecule has 0 aliphatic carbocycles. The molecule has 2 rings (SSSR count). The van der Waals surface area contributed by atoms with Crippen LogP contribution in [0.1, 0.15) is 5.56 Å². The van der Waals surface area contributed by atoms with Crippen LogP contribution in [0.25, 0.3) is 11.0 Å². The lowest BCUT2D eigenvalue weighted by Gasteiger charge is -1.95. The highest BCUT2D eigenvalue weighted by atomic mass is 15.0. The summed E-state index contributed by atoms with van der Waals surface area (Å²) in [5, 5.41) is 3.79. The molecular formula is C11H13N5. The summed E-state index contributed by atoms with van der Waals surface area (Å²) in [6.45, 7) is 0.643. The highest BCUT2D eigenvalue weighted by Gasteiger charge is 2.09. The first-order valence-electron chi connectivity index (χ1n) is 4.93. The molecule has 2 aromatic heterocycles. The molecule has 2 heterocycles. The second-order valence-corrected chi connectivity index (χ2v) is 3.44. The molecule has 5 heteroatoms. The summed E-state index contributed by atoms with van der Waals surface area (Å²) < 4.78 is 1.90. The summed E-state index contributed by atoms with van der Waals surface area (Å²) in [4.78, 5) is 8.16. The van der Waals surface area contributed by atoms with Crippen molar-refractivity contribution in [2.24, 2.45) is 7.05 Å². The van der Waals surface area contributed by atoms with Gasteiger partial charge in [-0.15, -0.1) is 0 Å². The number of hydrogen-bond acceptors (Lipinski definition) is 4. The van der Waals surface area contributed by atoms with E-state index in [1.54, 1.807) is 0 Å². The normalized spacial score (nSPS) is 10.1. The van der Waals surface area contributed by atoms with Crippen molar-refractivity contribution in [3.8, 4) is 11.8 Å². The molecule has 0 aliphatic rings. The average Bonchev–Trinajstić information content (AvgIpc) is 2.58. The van der Waals surface area contributed by atoms with Gasteiger partial charge in [0.2, 0.25) is 0 Å². The molecule has 0 aliphatic heterocycles. The number of nitrogens with zero attached hydrogens (tertiary/aromatic N) is 3. The molecule has 0 unspecified atom stereocenters. The van der Waals surface area contributed by atoms with E-state index in [-0.39, 0.29) is 0 Å². The van der Waals surface area contributed by atoms with Gasteiger partial charge in [0, 0.05) is 13.2 Å². The third-order valence-electron chi connectivity index (χ3n) is 2.27. The monoisotopic (exact) mass is 215 g/mol. The van der Waals surface area contributed by atoms with Crippen LogP contribution in [-0.4, -0.2) is 28.1 Å². The molecule has 5 nitrogen and oxygen atoms in total. The van der Waals surface area contributed by atoms with Gasteiger partial charge in [-0.3, -0.25) is 0 Å². The Labute approximate surface area is 93.7 Å². The van der Waals surface area contributed by atoms with Crippen molar-refractivity contribution in [1.82, 2.24) is 19.9 Å². The number of nitrogens with two attached hydrogens (primary N) is 1. The van der Waals surface area contributed by atoms with Crippen LogP contribution in [0.15, 0.2) is 12.5 Å². The van der Waals surface area contributed by atoms with Crippen LogP contribution >= 0.6 is 0 Å². The van der Waals surface area contributed by atoms with Gasteiger partial charge in [-0.1, -0.05) is 11.8 Å². The summed E-state index contributed by atoms with van der Waals surface area (Å²) in [6.07, 6.45) is 3.38. The van der Waals surface area contributed by atoms with Crippen molar-refractivity contribution >= 4 is 16.9 Å². The summed E-state index contributed by atoms with van der Waals surface area (Å²) in [5.41, 5.74) is 7.50. The van der Waals surface area contributed by atoms with Crippen LogP contribution in [0, 0.1) is 11.8 Å². The van der Waals surface area contributed by atoms with Crippen LogP contribution in [-0.2, 0) is 7.05 Å². The molecule has 0 radical (unpaired) electrons. The smallest absolute Gasteiger partial charge is 0.146 e. The Morgan fingerprint density at radius 3 is 3.06 bits per heavy atom. The van der Waals surface area contributed by atoms with Gasteiger partial charge in [0.25, 0.3) is 0 Å². The lowest BCUT2D eigenvalue weighted by atomic mass is 10.2. The lowest BCUT2D eigenvalue weighted by molar-refractivity contribution is 0.937. The molecule has 0 atom stereocenters. The van der Waals surface area contributed by atoms with E-state index in [9.17, 15) is 0 Å². The van der Waals surface area contributed by atoms with Crippen LogP contribution in [0.2, 0.25) is 0 Å². The fourth-order valence-electron chi connectivity index (χ4n) is 1.56. The van der Waals surface area contributed by atoms with Crippen LogP contribution in [0.4, 0.5) is 5.82 Å². The maximum absolute atomic E-state index is 5.83. The van der Waals surface area contributed by atoms with Gasteiger partial charge in [0.1, 0.15) is 17.8 Å². The van der Waals surface area contributed by atoms with Gasteiger partial charge in [0.05, 0.1) is 17.5 Å². The predicted octanol–water partition coefficient (Wildman–Crippen LogP) is 0.121. The minimum Gasteiger partial charge on any atom is -0.383 e. The van der Waals surface area contributed by atoms with Crippen molar-refractivity contribution in [3.63, 3.8) is 0 Å². The molecule has 0 amide bonds. The van der Waals surface area contributed by atoms with E-state index in [1.807, 2.05) is 24.9 Å². The third-order valence-corrected chi connectivity index (χ3v) is 2.27. The van der Waals surface area contributed by atoms with Crippen molar-refractivity contribution in [2.75, 3.05) is 19.3 Å². The van der Waals surface area contributed by atoms with E-state index >= 15 is 0 Å². The van der Waals surface area contributed by atoms with Crippen molar-refractivity contribution in [2.45, 2.75) is 0 Å². The van der Waals surface area contributed by atoms with Gasteiger partial charge in [-0.2, -0.15) is 0 Å². The largest absolute Gasteiger partial charge is 0.383 e. The number of rotatable bonds is 1. The molecule has 0 bridgehead atoms. The van der Waals surface area contributed by atoms with Crippen molar-refractivity contribution < 1.29 is 0 Å². The van der Waals surface area contributed by atoms with Crippen molar-refractivity contribution in [3.05, 3.63) is 18.1 Å². The van der Waals surface area contributed by atoms with Crippen molar-refractivity contribution in [1.29, 1.82) is 0 Å². The highest BCUT2D eigenvalue weighted by molar-refractivity contribution is 5.92. The van der Waals surface area contributed by atoms with E-state index in [0.29, 0.717) is 12.4 Å². The summed E-state index contributed by atoms with van der Waals surface area (Å²) in [6, 6.07) is 0. The van der Waals surface area contributed by atoms with E-state index < -0.39 is 0 Å². The molecule has 0 saturated carbocycles. The Morgan fingerprint density at radius 1 is 1.50 bits per heavy atom. The first-order valence-corrected chi connectivity index (χ1v) is 4.93.